The van der Waals surface area contributed by atoms with E-state index in [1.165, 1.54) is 0 Å². The minimum Gasteiger partial charge on any atom is -0.381 e. The van der Waals surface area contributed by atoms with Crippen molar-refractivity contribution < 1.29 is 14.3 Å². The van der Waals surface area contributed by atoms with Crippen molar-refractivity contribution >= 4 is 28.8 Å². The molecule has 7 heteroatoms. The average Bonchev–Trinajstić information content (AvgIpc) is 3.26. The third-order valence-electron chi connectivity index (χ3n) is 7.21. The molecule has 0 bridgehead atoms. The number of nitrogens with zero attached hydrogens (tertiary/aromatic N) is 3. The van der Waals surface area contributed by atoms with Gasteiger partial charge in [-0.3, -0.25) is 4.79 Å². The maximum Gasteiger partial charge on any atom is 0.230 e. The van der Waals surface area contributed by atoms with Gasteiger partial charge in [-0.15, -0.1) is 0 Å². The second kappa shape index (κ2) is 9.08. The number of pyridine rings is 1. The zero-order valence-corrected chi connectivity index (χ0v) is 18.9. The Kier molecular flexibility index (Phi) is 6.02. The first-order valence-electron chi connectivity index (χ1n) is 11.6. The molecule has 1 N–H and O–H groups in total. The van der Waals surface area contributed by atoms with Crippen molar-refractivity contribution in [3.05, 3.63) is 42.1 Å². The molecule has 1 saturated carbocycles. The Hall–Kier alpha value is -2.64. The topological polar surface area (TPSA) is 66.9 Å². The number of anilines is 4. The number of amides is 1. The van der Waals surface area contributed by atoms with Crippen LogP contribution in [0.25, 0.3) is 0 Å². The van der Waals surface area contributed by atoms with Crippen molar-refractivity contribution in [1.82, 2.24) is 4.98 Å². The molecule has 1 aromatic carbocycles. The SMILES string of the molecule is COC1CCC(C(=O)N2Cc3cccnc3Nc3ccc(N4CC[C@H](OC)C4)cc32)CC1. The predicted molar refractivity (Wildman–Crippen MR) is 126 cm³/mol. The maximum absolute atomic E-state index is 13.8. The minimum atomic E-state index is 0.0285. The van der Waals surface area contributed by atoms with E-state index in [1.54, 1.807) is 20.4 Å². The summed E-state index contributed by atoms with van der Waals surface area (Å²) in [6.07, 6.45) is 6.97. The summed E-state index contributed by atoms with van der Waals surface area (Å²) in [7, 11) is 3.54. The van der Waals surface area contributed by atoms with Crippen molar-refractivity contribution in [2.75, 3.05) is 42.4 Å². The molecule has 1 saturated heterocycles. The molecular weight excluding hydrogens is 404 g/mol. The van der Waals surface area contributed by atoms with Crippen LogP contribution in [0.1, 0.15) is 37.7 Å². The van der Waals surface area contributed by atoms with E-state index in [4.69, 9.17) is 9.47 Å². The first-order valence-corrected chi connectivity index (χ1v) is 11.6. The van der Waals surface area contributed by atoms with Crippen LogP contribution in [0.2, 0.25) is 0 Å². The Bertz CT molecular complexity index is 973. The van der Waals surface area contributed by atoms with Gasteiger partial charge in [-0.1, -0.05) is 6.07 Å². The highest BCUT2D eigenvalue weighted by Crippen LogP contribution is 2.40. The van der Waals surface area contributed by atoms with Gasteiger partial charge in [0.25, 0.3) is 0 Å². The molecule has 3 aliphatic rings. The molecule has 3 heterocycles. The molecule has 1 amide bonds. The highest BCUT2D eigenvalue weighted by molar-refractivity contribution is 6.00. The molecule has 7 nitrogen and oxygen atoms in total. The van der Waals surface area contributed by atoms with E-state index in [-0.39, 0.29) is 24.0 Å². The van der Waals surface area contributed by atoms with Crippen molar-refractivity contribution in [1.29, 1.82) is 0 Å². The third kappa shape index (κ3) is 4.07. The number of carbonyl (C=O) groups excluding carboxylic acids is 1. The summed E-state index contributed by atoms with van der Waals surface area (Å²) in [5.41, 5.74) is 4.02. The molecule has 170 valence electrons. The second-order valence-electron chi connectivity index (χ2n) is 9.06. The first kappa shape index (κ1) is 21.2. The monoisotopic (exact) mass is 436 g/mol. The van der Waals surface area contributed by atoms with Gasteiger partial charge >= 0.3 is 0 Å². The quantitative estimate of drug-likeness (QED) is 0.778. The molecule has 5 rings (SSSR count). The normalized spacial score (nSPS) is 25.0. The molecule has 1 aromatic heterocycles. The zero-order chi connectivity index (χ0) is 22.1. The molecule has 1 aliphatic carbocycles. The summed E-state index contributed by atoms with van der Waals surface area (Å²) >= 11 is 0. The van der Waals surface area contributed by atoms with Gasteiger partial charge < -0.3 is 24.6 Å². The van der Waals surface area contributed by atoms with Gasteiger partial charge in [0.05, 0.1) is 30.1 Å². The van der Waals surface area contributed by atoms with Gasteiger partial charge in [-0.2, -0.15) is 0 Å². The van der Waals surface area contributed by atoms with E-state index < -0.39 is 0 Å². The zero-order valence-electron chi connectivity index (χ0n) is 18.9. The highest BCUT2D eigenvalue weighted by Gasteiger charge is 2.33. The smallest absolute Gasteiger partial charge is 0.230 e. The number of methoxy groups -OCH3 is 2. The van der Waals surface area contributed by atoms with Crippen LogP contribution in [0.5, 0.6) is 0 Å². The number of fused-ring (bicyclic) bond motifs is 2. The van der Waals surface area contributed by atoms with Crippen molar-refractivity contribution in [3.63, 3.8) is 0 Å². The fourth-order valence-corrected chi connectivity index (χ4v) is 5.23. The highest BCUT2D eigenvalue weighted by atomic mass is 16.5. The Morgan fingerprint density at radius 1 is 1.06 bits per heavy atom. The lowest BCUT2D eigenvalue weighted by Crippen LogP contribution is -2.38. The Labute approximate surface area is 189 Å². The van der Waals surface area contributed by atoms with Crippen LogP contribution < -0.4 is 15.1 Å². The van der Waals surface area contributed by atoms with E-state index >= 15 is 0 Å². The summed E-state index contributed by atoms with van der Waals surface area (Å²) in [6, 6.07) is 10.4. The predicted octanol–water partition coefficient (Wildman–Crippen LogP) is 4.10. The van der Waals surface area contributed by atoms with Gasteiger partial charge in [0.2, 0.25) is 5.91 Å². The van der Waals surface area contributed by atoms with Crippen LogP contribution >= 0.6 is 0 Å². The molecule has 0 spiro atoms. The number of aromatic nitrogens is 1. The van der Waals surface area contributed by atoms with Gasteiger partial charge in [-0.05, 0) is 56.4 Å². The molecule has 1 atom stereocenters. The van der Waals surface area contributed by atoms with Gasteiger partial charge in [-0.25, -0.2) is 4.98 Å². The summed E-state index contributed by atoms with van der Waals surface area (Å²) < 4.78 is 11.1. The Balaban J connectivity index is 1.48. The largest absolute Gasteiger partial charge is 0.381 e. The fourth-order valence-electron chi connectivity index (χ4n) is 5.23. The number of rotatable bonds is 4. The van der Waals surface area contributed by atoms with E-state index in [9.17, 15) is 4.79 Å². The van der Waals surface area contributed by atoms with E-state index in [0.29, 0.717) is 6.54 Å². The molecule has 2 fully saturated rings. The van der Waals surface area contributed by atoms with Crippen molar-refractivity contribution in [3.8, 4) is 0 Å². The number of ether oxygens (including phenoxy) is 2. The van der Waals surface area contributed by atoms with Crippen molar-refractivity contribution in [2.24, 2.45) is 5.92 Å². The lowest BCUT2D eigenvalue weighted by atomic mass is 9.86. The van der Waals surface area contributed by atoms with E-state index in [1.807, 2.05) is 17.0 Å². The molecule has 32 heavy (non-hydrogen) atoms. The van der Waals surface area contributed by atoms with Crippen LogP contribution in [0.3, 0.4) is 0 Å². The van der Waals surface area contributed by atoms with Crippen molar-refractivity contribution in [2.45, 2.75) is 50.9 Å². The molecule has 2 aromatic rings. The Morgan fingerprint density at radius 3 is 2.62 bits per heavy atom. The first-order chi connectivity index (χ1) is 15.7. The number of benzene rings is 1. The lowest BCUT2D eigenvalue weighted by molar-refractivity contribution is -0.124. The fraction of sp³-hybridized carbons (Fsp3) is 0.520. The maximum atomic E-state index is 13.8. The molecule has 2 aliphatic heterocycles. The van der Waals surface area contributed by atoms with Crippen LogP contribution in [-0.4, -0.2) is 50.4 Å². The molecule has 0 unspecified atom stereocenters. The summed E-state index contributed by atoms with van der Waals surface area (Å²) in [5, 5.41) is 3.48. The molecular formula is C25H32N4O3. The summed E-state index contributed by atoms with van der Waals surface area (Å²) in [5.74, 6) is 1.05. The minimum absolute atomic E-state index is 0.0285. The van der Waals surface area contributed by atoms with Crippen LogP contribution in [0, 0.1) is 5.92 Å². The van der Waals surface area contributed by atoms with E-state index in [2.05, 4.69) is 33.4 Å². The summed E-state index contributed by atoms with van der Waals surface area (Å²) in [6.45, 7) is 2.36. The van der Waals surface area contributed by atoms with Gasteiger partial charge in [0, 0.05) is 50.7 Å². The number of carbonyl (C=O) groups is 1. The van der Waals surface area contributed by atoms with Crippen LogP contribution in [-0.2, 0) is 20.8 Å². The van der Waals surface area contributed by atoms with E-state index in [0.717, 1.165) is 73.6 Å². The third-order valence-corrected chi connectivity index (χ3v) is 7.21. The average molecular weight is 437 g/mol. The summed E-state index contributed by atoms with van der Waals surface area (Å²) in [4.78, 5) is 22.7. The standard InChI is InChI=1S/C25H32N4O3/c1-31-20-8-5-17(6-9-20)25(30)29-15-18-4-3-12-26-24(18)27-22-10-7-19(14-23(22)29)28-13-11-21(16-28)32-2/h3-4,7,10,12,14,17,20-21H,5-6,8-9,11,13,15-16H2,1-2H3,(H,26,27)/t17?,20?,21-/m0/s1. The van der Waals surface area contributed by atoms with Crippen LogP contribution in [0.15, 0.2) is 36.5 Å². The van der Waals surface area contributed by atoms with Gasteiger partial charge in [0.1, 0.15) is 5.82 Å². The number of hydrogen-bond acceptors (Lipinski definition) is 6. The van der Waals surface area contributed by atoms with Gasteiger partial charge in [0.15, 0.2) is 0 Å². The molecule has 0 radical (unpaired) electrons. The number of nitrogens with one attached hydrogen (secondary N) is 1. The van der Waals surface area contributed by atoms with Crippen LogP contribution in [0.4, 0.5) is 22.9 Å². The Morgan fingerprint density at radius 2 is 1.88 bits per heavy atom. The lowest BCUT2D eigenvalue weighted by Gasteiger charge is -2.32. The number of hydrogen-bond donors (Lipinski definition) is 1. The second-order valence-corrected chi connectivity index (χ2v) is 9.06.